The van der Waals surface area contributed by atoms with E-state index in [1.165, 1.54) is 0 Å². The molecule has 0 rings (SSSR count). The van der Waals surface area contributed by atoms with Crippen LogP contribution in [-0.4, -0.2) is 94.6 Å². The number of aliphatic hydroxyl groups excluding tert-OH is 2. The molecule has 0 spiro atoms. The Balaban J connectivity index is 7.15. The highest BCUT2D eigenvalue weighted by atomic mass is 79.9. The molecule has 5 N–H and O–H groups in total. The number of ketones is 6. The summed E-state index contributed by atoms with van der Waals surface area (Å²) in [5.41, 5.74) is -12.3. The van der Waals surface area contributed by atoms with E-state index in [0.717, 1.165) is 6.92 Å². The maximum Gasteiger partial charge on any atom is 0.241 e. The molecule has 0 bridgehead atoms. The molecule has 2 unspecified atom stereocenters. The molecule has 0 amide bonds. The summed E-state index contributed by atoms with van der Waals surface area (Å²) in [4.78, 5) is 74.3. The molecule has 170 valence electrons. The molecule has 0 aliphatic rings. The highest BCUT2D eigenvalue weighted by Gasteiger charge is 2.76. The Morgan fingerprint density at radius 2 is 1.27 bits per heavy atom. The summed E-state index contributed by atoms with van der Waals surface area (Å²) in [5.74, 6) is -10.8. The van der Waals surface area contributed by atoms with Crippen LogP contribution in [0.1, 0.15) is 40.5 Å². The first kappa shape index (κ1) is 28.3. The van der Waals surface area contributed by atoms with Crippen LogP contribution < -0.4 is 0 Å². The van der Waals surface area contributed by atoms with Crippen LogP contribution in [0.5, 0.6) is 0 Å². The number of aliphatic hydroxyl groups is 5. The minimum atomic E-state index is -4.19. The second kappa shape index (κ2) is 10.1. The van der Waals surface area contributed by atoms with Gasteiger partial charge < -0.3 is 25.5 Å². The quantitative estimate of drug-likeness (QED) is 0.103. The standard InChI is InChI=1S/C18H25BrO11/c1-8(20)13(25)15(27)17(29,10(3)22)18(30,11(4)23)16(28,9(2)21)14(26)12(24)6-5-7-19/h8,13,20,25,28-30H,5-7H2,1-4H3/t8?,13?,16-,17+,18+/m0/s1. The summed E-state index contributed by atoms with van der Waals surface area (Å²) in [7, 11) is 0. The van der Waals surface area contributed by atoms with Crippen molar-refractivity contribution in [3.05, 3.63) is 0 Å². The largest absolute Gasteiger partial charge is 0.390 e. The van der Waals surface area contributed by atoms with Crippen molar-refractivity contribution in [1.82, 2.24) is 0 Å². The molecule has 11 nitrogen and oxygen atoms in total. The lowest BCUT2D eigenvalue weighted by Crippen LogP contribution is -2.82. The van der Waals surface area contributed by atoms with Gasteiger partial charge in [-0.1, -0.05) is 15.9 Å². The zero-order chi connectivity index (χ0) is 24.2. The number of hydrogen-bond donors (Lipinski definition) is 5. The third kappa shape index (κ3) is 4.34. The number of hydrogen-bond acceptors (Lipinski definition) is 11. The van der Waals surface area contributed by atoms with Crippen molar-refractivity contribution >= 4 is 50.6 Å². The normalized spacial score (nSPS) is 19.4. The van der Waals surface area contributed by atoms with Gasteiger partial charge in [-0.05, 0) is 34.1 Å². The molecule has 12 heteroatoms. The number of halogens is 1. The van der Waals surface area contributed by atoms with Crippen LogP contribution in [0.4, 0.5) is 0 Å². The van der Waals surface area contributed by atoms with Crippen molar-refractivity contribution in [3.63, 3.8) is 0 Å². The average Bonchev–Trinajstić information content (AvgIpc) is 2.67. The Morgan fingerprint density at radius 3 is 1.57 bits per heavy atom. The Hall–Kier alpha value is -1.70. The Morgan fingerprint density at radius 1 is 0.833 bits per heavy atom. The Bertz CT molecular complexity index is 761. The minimum absolute atomic E-state index is 0.0493. The fourth-order valence-corrected chi connectivity index (χ4v) is 3.21. The van der Waals surface area contributed by atoms with Gasteiger partial charge in [-0.25, -0.2) is 0 Å². The van der Waals surface area contributed by atoms with Crippen LogP contribution in [0, 0.1) is 0 Å². The van der Waals surface area contributed by atoms with Crippen molar-refractivity contribution in [2.45, 2.75) is 69.5 Å². The first-order chi connectivity index (χ1) is 13.5. The number of carbonyl (C=O) groups excluding carboxylic acids is 6. The van der Waals surface area contributed by atoms with E-state index in [0.29, 0.717) is 20.8 Å². The van der Waals surface area contributed by atoms with E-state index in [-0.39, 0.29) is 11.8 Å². The maximum absolute atomic E-state index is 12.7. The van der Waals surface area contributed by atoms with E-state index in [9.17, 15) is 54.3 Å². The summed E-state index contributed by atoms with van der Waals surface area (Å²) in [6.45, 7) is 2.26. The monoisotopic (exact) mass is 496 g/mol. The second-order valence-corrected chi connectivity index (χ2v) is 7.69. The van der Waals surface area contributed by atoms with E-state index in [1.54, 1.807) is 0 Å². The highest BCUT2D eigenvalue weighted by Crippen LogP contribution is 2.39. The Labute approximate surface area is 180 Å². The lowest BCUT2D eigenvalue weighted by atomic mass is 9.61. The topological polar surface area (TPSA) is 204 Å². The van der Waals surface area contributed by atoms with Gasteiger partial charge in [0.15, 0.2) is 17.3 Å². The number of carbonyl (C=O) groups is 6. The molecule has 0 fully saturated rings. The number of alkyl halides is 1. The molecular weight excluding hydrogens is 472 g/mol. The lowest BCUT2D eigenvalue weighted by molar-refractivity contribution is -0.226. The molecule has 0 saturated carbocycles. The summed E-state index contributed by atoms with van der Waals surface area (Å²) in [6.07, 6.45) is -4.99. The predicted octanol–water partition coefficient (Wildman–Crippen LogP) is -2.43. The third-order valence-electron chi connectivity index (χ3n) is 4.78. The first-order valence-electron chi connectivity index (χ1n) is 8.73. The fourth-order valence-electron chi connectivity index (χ4n) is 2.93. The molecule has 0 heterocycles. The molecule has 0 aromatic heterocycles. The zero-order valence-corrected chi connectivity index (χ0v) is 18.4. The van der Waals surface area contributed by atoms with Crippen molar-refractivity contribution < 1.29 is 54.3 Å². The molecule has 0 saturated heterocycles. The molecule has 5 atom stereocenters. The van der Waals surface area contributed by atoms with Crippen molar-refractivity contribution in [1.29, 1.82) is 0 Å². The molecule has 30 heavy (non-hydrogen) atoms. The molecule has 0 aromatic rings. The van der Waals surface area contributed by atoms with Crippen LogP contribution in [0.3, 0.4) is 0 Å². The smallest absolute Gasteiger partial charge is 0.241 e. The van der Waals surface area contributed by atoms with Gasteiger partial charge in [-0.2, -0.15) is 0 Å². The second-order valence-electron chi connectivity index (χ2n) is 6.89. The van der Waals surface area contributed by atoms with E-state index in [4.69, 9.17) is 0 Å². The number of Topliss-reactive ketones (excluding diaryl/α,β-unsaturated/α-hetero) is 6. The van der Waals surface area contributed by atoms with Gasteiger partial charge in [0.2, 0.25) is 34.2 Å². The van der Waals surface area contributed by atoms with E-state index in [1.807, 2.05) is 0 Å². The lowest BCUT2D eigenvalue weighted by Gasteiger charge is -2.46. The highest BCUT2D eigenvalue weighted by molar-refractivity contribution is 9.09. The summed E-state index contributed by atoms with van der Waals surface area (Å²) >= 11 is 2.99. The van der Waals surface area contributed by atoms with Crippen LogP contribution in [0.25, 0.3) is 0 Å². The third-order valence-corrected chi connectivity index (χ3v) is 5.34. The molecule has 0 radical (unpaired) electrons. The van der Waals surface area contributed by atoms with Crippen LogP contribution >= 0.6 is 15.9 Å². The van der Waals surface area contributed by atoms with E-state index < -0.39 is 70.1 Å². The van der Waals surface area contributed by atoms with Gasteiger partial charge in [0, 0.05) is 11.8 Å². The molecule has 0 aromatic carbocycles. The minimum Gasteiger partial charge on any atom is -0.390 e. The van der Waals surface area contributed by atoms with Crippen LogP contribution in [0.15, 0.2) is 0 Å². The predicted molar refractivity (Wildman–Crippen MR) is 103 cm³/mol. The molecule has 0 aliphatic carbocycles. The van der Waals surface area contributed by atoms with Crippen molar-refractivity contribution in [3.8, 4) is 0 Å². The SMILES string of the molecule is CC(=O)[C@@](O)(C(=O)C(O)C(C)O)[C@@](O)(C(C)=O)[C@](O)(C(C)=O)C(=O)C(=O)CCCBr. The fraction of sp³-hybridized carbons (Fsp3) is 0.667. The van der Waals surface area contributed by atoms with Gasteiger partial charge in [-0.3, -0.25) is 28.8 Å². The van der Waals surface area contributed by atoms with Gasteiger partial charge in [0.25, 0.3) is 0 Å². The first-order valence-corrected chi connectivity index (χ1v) is 9.85. The zero-order valence-electron chi connectivity index (χ0n) is 16.8. The van der Waals surface area contributed by atoms with Crippen LogP contribution in [-0.2, 0) is 28.8 Å². The van der Waals surface area contributed by atoms with Crippen molar-refractivity contribution in [2.24, 2.45) is 0 Å². The van der Waals surface area contributed by atoms with Gasteiger partial charge in [0.1, 0.15) is 6.10 Å². The average molecular weight is 497 g/mol. The van der Waals surface area contributed by atoms with E-state index >= 15 is 0 Å². The van der Waals surface area contributed by atoms with Gasteiger partial charge in [-0.15, -0.1) is 0 Å². The summed E-state index contributed by atoms with van der Waals surface area (Å²) in [6, 6.07) is 0. The summed E-state index contributed by atoms with van der Waals surface area (Å²) < 4.78 is 0. The number of rotatable bonds is 13. The van der Waals surface area contributed by atoms with Crippen molar-refractivity contribution in [2.75, 3.05) is 5.33 Å². The van der Waals surface area contributed by atoms with E-state index in [2.05, 4.69) is 15.9 Å². The van der Waals surface area contributed by atoms with Crippen LogP contribution in [0.2, 0.25) is 0 Å². The molecule has 0 aliphatic heterocycles. The van der Waals surface area contributed by atoms with Gasteiger partial charge >= 0.3 is 0 Å². The Kier molecular flexibility index (Phi) is 9.50. The maximum atomic E-state index is 12.7. The summed E-state index contributed by atoms with van der Waals surface area (Å²) in [5, 5.41) is 52.2. The van der Waals surface area contributed by atoms with Gasteiger partial charge in [0.05, 0.1) is 6.10 Å². The molecular formula is C18H25BrO11.